The van der Waals surface area contributed by atoms with Gasteiger partial charge >= 0.3 is 5.97 Å². The number of benzene rings is 1. The molecule has 1 N–H and O–H groups in total. The van der Waals surface area contributed by atoms with E-state index in [1.54, 1.807) is 0 Å². The molecule has 1 heterocycles. The second-order valence-electron chi connectivity index (χ2n) is 4.67. The first-order chi connectivity index (χ1) is 8.99. The smallest absolute Gasteiger partial charge is 0.335 e. The fraction of sp³-hybridized carbons (Fsp3) is 0.462. The number of carboxylic acids is 1. The van der Waals surface area contributed by atoms with Crippen LogP contribution in [0.25, 0.3) is 0 Å². The van der Waals surface area contributed by atoms with Crippen molar-refractivity contribution in [3.8, 4) is 0 Å². The molecule has 0 unspecified atom stereocenters. The molecule has 0 saturated carbocycles. The molecule has 1 aromatic rings. The summed E-state index contributed by atoms with van der Waals surface area (Å²) in [5.74, 6) is -0.977. The Morgan fingerprint density at radius 2 is 2.00 bits per heavy atom. The Hall–Kier alpha value is -1.40. The Balaban J connectivity index is 2.18. The monoisotopic (exact) mass is 284 g/mol. The first-order valence-electron chi connectivity index (χ1n) is 6.13. The van der Waals surface area contributed by atoms with Gasteiger partial charge in [0, 0.05) is 13.2 Å². The van der Waals surface area contributed by atoms with Crippen LogP contribution in [0.1, 0.15) is 23.2 Å². The van der Waals surface area contributed by atoms with Crippen LogP contribution in [0.15, 0.2) is 29.2 Å². The summed E-state index contributed by atoms with van der Waals surface area (Å²) >= 11 is 0. The minimum atomic E-state index is -3.43. The minimum absolute atomic E-state index is 0.00643. The molecule has 1 fully saturated rings. The molecule has 0 radical (unpaired) electrons. The molecule has 1 aromatic carbocycles. The molecule has 2 rings (SSSR count). The summed E-state index contributed by atoms with van der Waals surface area (Å²) in [4.78, 5) is 10.9. The van der Waals surface area contributed by atoms with Crippen molar-refractivity contribution in [2.24, 2.45) is 5.92 Å². The average Bonchev–Trinajstić information content (AvgIpc) is 2.39. The zero-order valence-electron chi connectivity index (χ0n) is 10.4. The number of carbonyl (C=O) groups is 1. The van der Waals surface area contributed by atoms with Crippen molar-refractivity contribution in [2.45, 2.75) is 17.7 Å². The van der Waals surface area contributed by atoms with Crippen molar-refractivity contribution < 1.29 is 23.1 Å². The van der Waals surface area contributed by atoms with Crippen molar-refractivity contribution >= 4 is 15.8 Å². The maximum absolute atomic E-state index is 12.2. The highest BCUT2D eigenvalue weighted by Crippen LogP contribution is 2.21. The third-order valence-electron chi connectivity index (χ3n) is 3.24. The predicted octanol–water partition coefficient (Wildman–Crippen LogP) is 1.59. The van der Waals surface area contributed by atoms with Crippen LogP contribution in [0, 0.1) is 5.92 Å². The quantitative estimate of drug-likeness (QED) is 0.908. The molecule has 6 heteroatoms. The molecule has 1 aliphatic rings. The molecule has 0 spiro atoms. The average molecular weight is 284 g/mol. The van der Waals surface area contributed by atoms with Crippen LogP contribution in [0.4, 0.5) is 0 Å². The first-order valence-corrected chi connectivity index (χ1v) is 7.78. The predicted molar refractivity (Wildman–Crippen MR) is 69.0 cm³/mol. The molecule has 0 amide bonds. The molecular weight excluding hydrogens is 268 g/mol. The first kappa shape index (κ1) is 14.0. The molecule has 0 aliphatic carbocycles. The molecule has 104 valence electrons. The van der Waals surface area contributed by atoms with E-state index in [2.05, 4.69) is 0 Å². The molecule has 0 aromatic heterocycles. The van der Waals surface area contributed by atoms with Crippen molar-refractivity contribution in [3.05, 3.63) is 29.8 Å². The fourth-order valence-electron chi connectivity index (χ4n) is 2.14. The lowest BCUT2D eigenvalue weighted by Crippen LogP contribution is -2.23. The number of carboxylic acid groups (broad SMARTS) is 1. The Morgan fingerprint density at radius 1 is 1.32 bits per heavy atom. The summed E-state index contributed by atoms with van der Waals surface area (Å²) in [5, 5.41) is 8.89. The number of hydrogen-bond donors (Lipinski definition) is 1. The summed E-state index contributed by atoms with van der Waals surface area (Å²) in [5.41, 5.74) is -0.00643. The topological polar surface area (TPSA) is 80.7 Å². The van der Waals surface area contributed by atoms with Gasteiger partial charge in [-0.15, -0.1) is 0 Å². The van der Waals surface area contributed by atoms with Gasteiger partial charge in [0.25, 0.3) is 0 Å². The minimum Gasteiger partial charge on any atom is -0.478 e. The van der Waals surface area contributed by atoms with Crippen LogP contribution in [0.2, 0.25) is 0 Å². The highest BCUT2D eigenvalue weighted by Gasteiger charge is 2.23. The van der Waals surface area contributed by atoms with Crippen LogP contribution in [0.3, 0.4) is 0 Å². The van der Waals surface area contributed by atoms with Gasteiger partial charge in [-0.3, -0.25) is 0 Å². The molecule has 1 saturated heterocycles. The second kappa shape index (κ2) is 5.71. The summed E-state index contributed by atoms with van der Waals surface area (Å²) in [6.45, 7) is 1.19. The fourth-order valence-corrected chi connectivity index (χ4v) is 3.88. The Bertz CT molecular complexity index is 558. The summed E-state index contributed by atoms with van der Waals surface area (Å²) in [6.07, 6.45) is 1.47. The van der Waals surface area contributed by atoms with Gasteiger partial charge < -0.3 is 9.84 Å². The third-order valence-corrected chi connectivity index (χ3v) is 5.12. The van der Waals surface area contributed by atoms with Gasteiger partial charge in [-0.2, -0.15) is 0 Å². The van der Waals surface area contributed by atoms with Gasteiger partial charge in [-0.05, 0) is 37.0 Å². The van der Waals surface area contributed by atoms with Crippen LogP contribution >= 0.6 is 0 Å². The lowest BCUT2D eigenvalue weighted by Gasteiger charge is -2.21. The maximum atomic E-state index is 12.2. The van der Waals surface area contributed by atoms with E-state index in [9.17, 15) is 13.2 Å². The van der Waals surface area contributed by atoms with Crippen LogP contribution < -0.4 is 0 Å². The zero-order valence-corrected chi connectivity index (χ0v) is 11.2. The molecule has 19 heavy (non-hydrogen) atoms. The summed E-state index contributed by atoms with van der Waals surface area (Å²) < 4.78 is 29.7. The normalized spacial score (nSPS) is 17.3. The van der Waals surface area contributed by atoms with Crippen molar-refractivity contribution in [2.75, 3.05) is 19.0 Å². The number of ether oxygens (including phenoxy) is 1. The SMILES string of the molecule is O=C(O)c1cccc(S(=O)(=O)CC2CCOCC2)c1. The molecule has 0 bridgehead atoms. The van der Waals surface area contributed by atoms with Gasteiger partial charge in [0.1, 0.15) is 0 Å². The van der Waals surface area contributed by atoms with Crippen molar-refractivity contribution in [1.82, 2.24) is 0 Å². The van der Waals surface area contributed by atoms with E-state index in [4.69, 9.17) is 9.84 Å². The Labute approximate surface area is 112 Å². The second-order valence-corrected chi connectivity index (χ2v) is 6.70. The van der Waals surface area contributed by atoms with E-state index >= 15 is 0 Å². The molecule has 1 aliphatic heterocycles. The standard InChI is InChI=1S/C13H16O5S/c14-13(15)11-2-1-3-12(8-11)19(16,17)9-10-4-6-18-7-5-10/h1-3,8,10H,4-7,9H2,(H,14,15). The van der Waals surface area contributed by atoms with E-state index in [1.165, 1.54) is 24.3 Å². The molecule has 0 atom stereocenters. The zero-order chi connectivity index (χ0) is 13.9. The van der Waals surface area contributed by atoms with Gasteiger partial charge in [0.15, 0.2) is 9.84 Å². The highest BCUT2D eigenvalue weighted by molar-refractivity contribution is 7.91. The van der Waals surface area contributed by atoms with Gasteiger partial charge in [0.2, 0.25) is 0 Å². The Morgan fingerprint density at radius 3 is 2.63 bits per heavy atom. The maximum Gasteiger partial charge on any atom is 0.335 e. The number of aromatic carboxylic acids is 1. The Kier molecular flexibility index (Phi) is 4.21. The molecule has 5 nitrogen and oxygen atoms in total. The highest BCUT2D eigenvalue weighted by atomic mass is 32.2. The van der Waals surface area contributed by atoms with E-state index in [-0.39, 0.29) is 22.1 Å². The van der Waals surface area contributed by atoms with Gasteiger partial charge in [0.05, 0.1) is 16.2 Å². The number of sulfone groups is 1. The van der Waals surface area contributed by atoms with E-state index < -0.39 is 15.8 Å². The third kappa shape index (κ3) is 3.54. The lowest BCUT2D eigenvalue weighted by atomic mass is 10.0. The van der Waals surface area contributed by atoms with Crippen molar-refractivity contribution in [1.29, 1.82) is 0 Å². The van der Waals surface area contributed by atoms with Crippen LogP contribution in [-0.4, -0.2) is 38.5 Å². The van der Waals surface area contributed by atoms with Gasteiger partial charge in [-0.1, -0.05) is 6.07 Å². The summed E-state index contributed by atoms with van der Waals surface area (Å²) in [7, 11) is -3.43. The van der Waals surface area contributed by atoms with E-state index in [0.717, 1.165) is 12.8 Å². The van der Waals surface area contributed by atoms with Gasteiger partial charge in [-0.25, -0.2) is 13.2 Å². The summed E-state index contributed by atoms with van der Waals surface area (Å²) in [6, 6.07) is 5.51. The van der Waals surface area contributed by atoms with E-state index in [0.29, 0.717) is 13.2 Å². The van der Waals surface area contributed by atoms with Crippen molar-refractivity contribution in [3.63, 3.8) is 0 Å². The van der Waals surface area contributed by atoms with Crippen LogP contribution in [0.5, 0.6) is 0 Å². The van der Waals surface area contributed by atoms with E-state index in [1.807, 2.05) is 0 Å². The lowest BCUT2D eigenvalue weighted by molar-refractivity contribution is 0.0696. The largest absolute Gasteiger partial charge is 0.478 e. The van der Waals surface area contributed by atoms with Crippen LogP contribution in [-0.2, 0) is 14.6 Å². The molecular formula is C13H16O5S. The number of hydrogen-bond acceptors (Lipinski definition) is 4. The number of rotatable bonds is 4.